The van der Waals surface area contributed by atoms with E-state index in [1.165, 1.54) is 5.56 Å². The van der Waals surface area contributed by atoms with Gasteiger partial charge in [-0.15, -0.1) is 0 Å². The summed E-state index contributed by atoms with van der Waals surface area (Å²) in [7, 11) is 0. The molecule has 1 amide bonds. The van der Waals surface area contributed by atoms with Gasteiger partial charge in [0.1, 0.15) is 5.69 Å². The van der Waals surface area contributed by atoms with Gasteiger partial charge in [0.2, 0.25) is 0 Å². The minimum atomic E-state index is -0.128. The molecule has 0 radical (unpaired) electrons. The molecule has 1 aliphatic rings. The number of nitrogens with zero attached hydrogens (tertiary/aromatic N) is 1. The van der Waals surface area contributed by atoms with Crippen LogP contribution in [0.1, 0.15) is 70.4 Å². The Balaban J connectivity index is 1.76. The minimum Gasteiger partial charge on any atom is -0.354 e. The fourth-order valence-electron chi connectivity index (χ4n) is 3.87. The third-order valence-electron chi connectivity index (χ3n) is 5.30. The van der Waals surface area contributed by atoms with E-state index >= 15 is 0 Å². The van der Waals surface area contributed by atoms with Crippen molar-refractivity contribution in [2.24, 2.45) is 0 Å². The predicted molar refractivity (Wildman–Crippen MR) is 105 cm³/mol. The largest absolute Gasteiger partial charge is 0.354 e. The molecule has 140 valence electrons. The summed E-state index contributed by atoms with van der Waals surface area (Å²) in [4.78, 5) is 30.5. The van der Waals surface area contributed by atoms with Crippen LogP contribution in [0.2, 0.25) is 0 Å². The van der Waals surface area contributed by atoms with Gasteiger partial charge in [-0.25, -0.2) is 0 Å². The molecule has 26 heavy (non-hydrogen) atoms. The summed E-state index contributed by atoms with van der Waals surface area (Å²) >= 11 is 1.67. The van der Waals surface area contributed by atoms with Crippen LogP contribution in [0.15, 0.2) is 16.8 Å². The van der Waals surface area contributed by atoms with Crippen molar-refractivity contribution in [1.82, 2.24) is 15.2 Å². The maximum atomic E-state index is 12.8. The van der Waals surface area contributed by atoms with Crippen molar-refractivity contribution in [1.29, 1.82) is 0 Å². The first kappa shape index (κ1) is 18.9. The molecule has 0 saturated heterocycles. The Hall–Kier alpha value is -1.92. The highest BCUT2D eigenvalue weighted by Gasteiger charge is 2.27. The smallest absolute Gasteiger partial charge is 0.268 e. The predicted octanol–water partition coefficient (Wildman–Crippen LogP) is 3.72. The molecule has 2 aromatic heterocycles. The number of fused-ring (bicyclic) bond motifs is 1. The number of nitrogens with one attached hydrogen (secondary N) is 2. The van der Waals surface area contributed by atoms with E-state index in [4.69, 9.17) is 0 Å². The van der Waals surface area contributed by atoms with Crippen LogP contribution in [0.25, 0.3) is 0 Å². The number of thiophene rings is 1. The third kappa shape index (κ3) is 3.62. The maximum absolute atomic E-state index is 12.8. The van der Waals surface area contributed by atoms with Gasteiger partial charge >= 0.3 is 0 Å². The second-order valence-electron chi connectivity index (χ2n) is 6.76. The minimum absolute atomic E-state index is 0.128. The Morgan fingerprint density at radius 1 is 1.35 bits per heavy atom. The van der Waals surface area contributed by atoms with E-state index in [-0.39, 0.29) is 17.7 Å². The second-order valence-corrected chi connectivity index (χ2v) is 7.54. The van der Waals surface area contributed by atoms with E-state index < -0.39 is 0 Å². The average Bonchev–Trinajstić information content (AvgIpc) is 3.27. The summed E-state index contributed by atoms with van der Waals surface area (Å²) in [6.07, 6.45) is 2.27. The lowest BCUT2D eigenvalue weighted by Gasteiger charge is -2.29. The number of hydrogen-bond donors (Lipinski definition) is 2. The Labute approximate surface area is 158 Å². The number of likely N-dealkylation sites (N-methyl/N-ethyl adjacent to an activating group) is 1. The molecule has 3 rings (SSSR count). The Morgan fingerprint density at radius 3 is 2.73 bits per heavy atom. The van der Waals surface area contributed by atoms with E-state index in [0.717, 1.165) is 42.8 Å². The van der Waals surface area contributed by atoms with Crippen LogP contribution in [0.3, 0.4) is 0 Å². The summed E-state index contributed by atoms with van der Waals surface area (Å²) in [5.41, 5.74) is 4.21. The van der Waals surface area contributed by atoms with Gasteiger partial charge < -0.3 is 10.3 Å². The number of hydrogen-bond acceptors (Lipinski definition) is 4. The van der Waals surface area contributed by atoms with Crippen molar-refractivity contribution in [3.63, 3.8) is 0 Å². The molecule has 0 spiro atoms. The molecule has 0 saturated carbocycles. The fourth-order valence-corrected chi connectivity index (χ4v) is 4.57. The number of ketones is 1. The summed E-state index contributed by atoms with van der Waals surface area (Å²) in [6, 6.07) is 2.28. The van der Waals surface area contributed by atoms with Gasteiger partial charge in [-0.2, -0.15) is 11.3 Å². The number of Topliss-reactive ketones (excluding diaryl/α,β-unsaturated/α-hetero) is 1. The number of H-pyrrole nitrogens is 1. The van der Waals surface area contributed by atoms with E-state index in [9.17, 15) is 9.59 Å². The molecule has 1 aliphatic carbocycles. The highest BCUT2D eigenvalue weighted by Crippen LogP contribution is 2.27. The normalized spacial score (nSPS) is 15.2. The Bertz CT molecular complexity index is 775. The van der Waals surface area contributed by atoms with Crippen molar-refractivity contribution in [3.05, 3.63) is 44.9 Å². The molecule has 0 aliphatic heterocycles. The highest BCUT2D eigenvalue weighted by molar-refractivity contribution is 7.07. The molecule has 6 heteroatoms. The fraction of sp³-hybridized carbons (Fsp3) is 0.500. The topological polar surface area (TPSA) is 65.2 Å². The molecule has 0 aromatic carbocycles. The van der Waals surface area contributed by atoms with Gasteiger partial charge in [-0.3, -0.25) is 14.5 Å². The zero-order chi connectivity index (χ0) is 18.7. The summed E-state index contributed by atoms with van der Waals surface area (Å²) in [5.74, 6) is 0.0235. The summed E-state index contributed by atoms with van der Waals surface area (Å²) < 4.78 is 0. The van der Waals surface area contributed by atoms with Crippen LogP contribution in [0.5, 0.6) is 0 Å². The van der Waals surface area contributed by atoms with E-state index in [1.807, 2.05) is 6.92 Å². The molecule has 5 nitrogen and oxygen atoms in total. The molecule has 1 atom stereocenters. The van der Waals surface area contributed by atoms with Crippen molar-refractivity contribution in [2.75, 3.05) is 19.6 Å². The van der Waals surface area contributed by atoms with Gasteiger partial charge in [0.05, 0.1) is 6.04 Å². The monoisotopic (exact) mass is 373 g/mol. The quantitative estimate of drug-likeness (QED) is 0.777. The summed E-state index contributed by atoms with van der Waals surface area (Å²) in [5, 5.41) is 7.30. The third-order valence-corrected chi connectivity index (χ3v) is 6.00. The molecule has 2 heterocycles. The lowest BCUT2D eigenvalue weighted by molar-refractivity contribution is 0.0929. The van der Waals surface area contributed by atoms with Gasteiger partial charge in [0.15, 0.2) is 5.78 Å². The zero-order valence-corrected chi connectivity index (χ0v) is 16.5. The highest BCUT2D eigenvalue weighted by atomic mass is 32.1. The molecule has 1 unspecified atom stereocenters. The van der Waals surface area contributed by atoms with Crippen molar-refractivity contribution in [2.45, 2.75) is 46.1 Å². The van der Waals surface area contributed by atoms with E-state index in [1.54, 1.807) is 11.3 Å². The maximum Gasteiger partial charge on any atom is 0.268 e. The Morgan fingerprint density at radius 2 is 2.12 bits per heavy atom. The lowest BCUT2D eigenvalue weighted by atomic mass is 9.94. The summed E-state index contributed by atoms with van der Waals surface area (Å²) in [6.45, 7) is 8.55. The lowest BCUT2D eigenvalue weighted by Crippen LogP contribution is -2.38. The standard InChI is InChI=1S/C20H27N3O2S/c1-4-23(5-2)16(14-9-10-26-12-14)11-21-20(25)19-13(3)18-15(22-19)7-6-8-17(18)24/h9-10,12,16,22H,4-8,11H2,1-3H3,(H,21,25). The molecule has 2 N–H and O–H groups in total. The van der Waals surface area contributed by atoms with Crippen LogP contribution in [0.4, 0.5) is 0 Å². The molecule has 2 aromatic rings. The van der Waals surface area contributed by atoms with Crippen LogP contribution in [-0.4, -0.2) is 41.2 Å². The van der Waals surface area contributed by atoms with E-state index in [2.05, 4.69) is 45.9 Å². The first-order valence-corrected chi connectivity index (χ1v) is 10.3. The number of aryl methyl sites for hydroxylation is 1. The van der Waals surface area contributed by atoms with Gasteiger partial charge in [-0.05, 0) is 60.8 Å². The second kappa shape index (κ2) is 8.18. The number of amides is 1. The first-order chi connectivity index (χ1) is 12.6. The molecular formula is C20H27N3O2S. The van der Waals surface area contributed by atoms with Crippen molar-refractivity contribution < 1.29 is 9.59 Å². The van der Waals surface area contributed by atoms with E-state index in [0.29, 0.717) is 18.7 Å². The number of carbonyl (C=O) groups excluding carboxylic acids is 2. The zero-order valence-electron chi connectivity index (χ0n) is 15.7. The number of aromatic nitrogens is 1. The number of aromatic amines is 1. The van der Waals surface area contributed by atoms with Gasteiger partial charge in [0, 0.05) is 24.2 Å². The van der Waals surface area contributed by atoms with Crippen LogP contribution < -0.4 is 5.32 Å². The van der Waals surface area contributed by atoms with Gasteiger partial charge in [-0.1, -0.05) is 13.8 Å². The molecule has 0 bridgehead atoms. The van der Waals surface area contributed by atoms with Crippen LogP contribution >= 0.6 is 11.3 Å². The Kier molecular flexibility index (Phi) is 5.94. The average molecular weight is 374 g/mol. The van der Waals surface area contributed by atoms with Crippen LogP contribution in [0, 0.1) is 6.92 Å². The number of carbonyl (C=O) groups is 2. The molecular weight excluding hydrogens is 346 g/mol. The molecule has 0 fully saturated rings. The van der Waals surface area contributed by atoms with Gasteiger partial charge in [0.25, 0.3) is 5.91 Å². The van der Waals surface area contributed by atoms with Crippen molar-refractivity contribution >= 4 is 23.0 Å². The van der Waals surface area contributed by atoms with Crippen LogP contribution in [-0.2, 0) is 6.42 Å². The first-order valence-electron chi connectivity index (χ1n) is 9.35. The van der Waals surface area contributed by atoms with Crippen molar-refractivity contribution in [3.8, 4) is 0 Å². The SMILES string of the molecule is CCN(CC)C(CNC(=O)c1[nH]c2c(c1C)C(=O)CCC2)c1ccsc1. The number of rotatable bonds is 7.